The van der Waals surface area contributed by atoms with Crippen molar-refractivity contribution in [2.24, 2.45) is 0 Å². The fraction of sp³-hybridized carbons (Fsp3) is 0.222. The Morgan fingerprint density at radius 3 is 2.61 bits per heavy atom. The van der Waals surface area contributed by atoms with E-state index >= 15 is 0 Å². The monoisotopic (exact) mass is 536 g/mol. The van der Waals surface area contributed by atoms with E-state index < -0.39 is 39.4 Å². The Hall–Kier alpha value is -2.22. The highest BCUT2D eigenvalue weighted by molar-refractivity contribution is 9.10. The number of benzene rings is 1. The summed E-state index contributed by atoms with van der Waals surface area (Å²) in [5, 5.41) is 13.1. The fourth-order valence-electron chi connectivity index (χ4n) is 3.21. The highest BCUT2D eigenvalue weighted by Gasteiger charge is 2.63. The molecule has 0 spiro atoms. The number of sulfonamides is 1. The molecule has 0 radical (unpaired) electrons. The van der Waals surface area contributed by atoms with Gasteiger partial charge in [0.1, 0.15) is 15.4 Å². The first-order valence-electron chi connectivity index (χ1n) is 8.60. The molecule has 164 valence electrons. The Kier molecular flexibility index (Phi) is 5.27. The standard InChI is InChI=1S/C18H12BrF3N2O5S2/c19-11-4-2-1-3-9(11)10-8-17(10,16(25)26)24-31(27,28)15-6-5-13(30-15)12-7-14(29-23-12)18(20,21)22/h1-7,10,24H,8H2,(H,25,26)/t10-,17-/m0/s1. The molecule has 1 fully saturated rings. The molecule has 0 amide bonds. The smallest absolute Gasteiger partial charge is 0.452 e. The maximum absolute atomic E-state index is 12.9. The molecule has 1 aliphatic carbocycles. The topological polar surface area (TPSA) is 110 Å². The number of halogens is 4. The molecule has 7 nitrogen and oxygen atoms in total. The zero-order valence-electron chi connectivity index (χ0n) is 15.2. The number of rotatable bonds is 6. The first-order valence-corrected chi connectivity index (χ1v) is 11.7. The van der Waals surface area contributed by atoms with Crippen molar-refractivity contribution in [1.29, 1.82) is 0 Å². The summed E-state index contributed by atoms with van der Waals surface area (Å²) in [6.07, 6.45) is -4.67. The minimum atomic E-state index is -4.72. The van der Waals surface area contributed by atoms with Crippen molar-refractivity contribution in [1.82, 2.24) is 9.88 Å². The molecule has 0 unspecified atom stereocenters. The van der Waals surface area contributed by atoms with Crippen LogP contribution < -0.4 is 4.72 Å². The summed E-state index contributed by atoms with van der Waals surface area (Å²) < 4.78 is 70.7. The Morgan fingerprint density at radius 1 is 1.29 bits per heavy atom. The van der Waals surface area contributed by atoms with Crippen molar-refractivity contribution in [3.05, 3.63) is 58.3 Å². The number of carboxylic acids is 1. The highest BCUT2D eigenvalue weighted by atomic mass is 79.9. The number of carboxylic acid groups (broad SMARTS) is 1. The van der Waals surface area contributed by atoms with E-state index in [4.69, 9.17) is 0 Å². The summed E-state index contributed by atoms with van der Waals surface area (Å²) in [4.78, 5) is 12.1. The van der Waals surface area contributed by atoms with E-state index in [0.29, 0.717) is 27.4 Å². The zero-order chi connectivity index (χ0) is 22.6. The largest absolute Gasteiger partial charge is 0.480 e. The number of hydrogen-bond acceptors (Lipinski definition) is 6. The molecule has 2 aromatic heterocycles. The van der Waals surface area contributed by atoms with Crippen molar-refractivity contribution in [2.45, 2.75) is 28.3 Å². The van der Waals surface area contributed by atoms with Crippen LogP contribution in [-0.2, 0) is 21.0 Å². The quantitative estimate of drug-likeness (QED) is 0.480. The third kappa shape index (κ3) is 4.02. The van der Waals surface area contributed by atoms with E-state index in [0.717, 1.165) is 0 Å². The number of alkyl halides is 3. The third-order valence-corrected chi connectivity index (χ3v) is 8.66. The van der Waals surface area contributed by atoms with Gasteiger partial charge in [0.25, 0.3) is 10.0 Å². The number of carbonyl (C=O) groups is 1. The molecular formula is C18H12BrF3N2O5S2. The van der Waals surface area contributed by atoms with Crippen LogP contribution >= 0.6 is 27.3 Å². The van der Waals surface area contributed by atoms with Gasteiger partial charge in [-0.2, -0.15) is 17.9 Å². The second kappa shape index (κ2) is 7.43. The van der Waals surface area contributed by atoms with Gasteiger partial charge in [0.05, 0.1) is 4.88 Å². The average molecular weight is 537 g/mol. The van der Waals surface area contributed by atoms with Crippen LogP contribution in [0.4, 0.5) is 13.2 Å². The van der Waals surface area contributed by atoms with Crippen molar-refractivity contribution < 1.29 is 36.0 Å². The van der Waals surface area contributed by atoms with Gasteiger partial charge in [-0.15, -0.1) is 11.3 Å². The molecule has 0 saturated heterocycles. The summed E-state index contributed by atoms with van der Waals surface area (Å²) in [6, 6.07) is 10.0. The van der Waals surface area contributed by atoms with Crippen molar-refractivity contribution in [3.63, 3.8) is 0 Å². The fourth-order valence-corrected chi connectivity index (χ4v) is 6.43. The first kappa shape index (κ1) is 22.0. The van der Waals surface area contributed by atoms with Gasteiger partial charge in [-0.25, -0.2) is 8.42 Å². The number of aromatic nitrogens is 1. The van der Waals surface area contributed by atoms with Crippen LogP contribution in [0.15, 0.2) is 55.7 Å². The maximum atomic E-state index is 12.9. The molecule has 0 bridgehead atoms. The maximum Gasteiger partial charge on any atom is 0.452 e. The molecule has 13 heteroatoms. The van der Waals surface area contributed by atoms with Gasteiger partial charge in [-0.3, -0.25) is 4.79 Å². The van der Waals surface area contributed by atoms with Gasteiger partial charge in [0.15, 0.2) is 0 Å². The van der Waals surface area contributed by atoms with E-state index in [1.165, 1.54) is 12.1 Å². The second-order valence-corrected chi connectivity index (χ2v) is 10.7. The molecule has 2 atom stereocenters. The Labute approximate surface area is 186 Å². The van der Waals surface area contributed by atoms with Crippen LogP contribution in [0.1, 0.15) is 23.7 Å². The summed E-state index contributed by atoms with van der Waals surface area (Å²) >= 11 is 4.00. The van der Waals surface area contributed by atoms with E-state index in [1.807, 2.05) is 0 Å². The third-order valence-electron chi connectivity index (χ3n) is 4.83. The second-order valence-electron chi connectivity index (χ2n) is 6.85. The summed E-state index contributed by atoms with van der Waals surface area (Å²) in [5.74, 6) is -3.21. The van der Waals surface area contributed by atoms with Gasteiger partial charge in [-0.1, -0.05) is 39.3 Å². The number of thiophene rings is 1. The zero-order valence-corrected chi connectivity index (χ0v) is 18.4. The Bertz CT molecular complexity index is 1270. The molecule has 0 aliphatic heterocycles. The highest BCUT2D eigenvalue weighted by Crippen LogP contribution is 2.54. The van der Waals surface area contributed by atoms with Crippen molar-refractivity contribution in [3.8, 4) is 10.6 Å². The lowest BCUT2D eigenvalue weighted by Gasteiger charge is -2.15. The molecule has 3 aromatic rings. The van der Waals surface area contributed by atoms with E-state index in [9.17, 15) is 31.5 Å². The molecule has 4 rings (SSSR count). The number of nitrogens with zero attached hydrogens (tertiary/aromatic N) is 1. The Balaban J connectivity index is 1.60. The summed E-state index contributed by atoms with van der Waals surface area (Å²) in [5.41, 5.74) is -1.24. The first-order chi connectivity index (χ1) is 14.4. The molecular weight excluding hydrogens is 525 g/mol. The van der Waals surface area contributed by atoms with E-state index in [-0.39, 0.29) is 21.2 Å². The average Bonchev–Trinajstić information content (AvgIpc) is 3.05. The van der Waals surface area contributed by atoms with Crippen LogP contribution in [0.3, 0.4) is 0 Å². The van der Waals surface area contributed by atoms with Gasteiger partial charge >= 0.3 is 12.1 Å². The van der Waals surface area contributed by atoms with Crippen LogP contribution in [0.2, 0.25) is 0 Å². The normalized spacial score (nSPS) is 21.2. The van der Waals surface area contributed by atoms with Crippen molar-refractivity contribution >= 4 is 43.3 Å². The van der Waals surface area contributed by atoms with E-state index in [1.54, 1.807) is 24.3 Å². The van der Waals surface area contributed by atoms with Gasteiger partial charge < -0.3 is 9.63 Å². The molecule has 2 N–H and O–H groups in total. The molecule has 2 heterocycles. The lowest BCUT2D eigenvalue weighted by Crippen LogP contribution is -2.44. The lowest BCUT2D eigenvalue weighted by atomic mass is 10.1. The van der Waals surface area contributed by atoms with Gasteiger partial charge in [0.2, 0.25) is 5.76 Å². The lowest BCUT2D eigenvalue weighted by molar-refractivity contribution is -0.155. The van der Waals surface area contributed by atoms with Gasteiger partial charge in [0, 0.05) is 16.5 Å². The molecule has 1 aliphatic rings. The SMILES string of the molecule is O=C(O)[C@]1(NS(=O)(=O)c2ccc(-c3cc(C(F)(F)F)on3)s2)C[C@H]1c1ccccc1Br. The van der Waals surface area contributed by atoms with Crippen LogP contribution in [0, 0.1) is 0 Å². The minimum Gasteiger partial charge on any atom is -0.480 e. The van der Waals surface area contributed by atoms with Gasteiger partial charge in [-0.05, 0) is 30.2 Å². The molecule has 31 heavy (non-hydrogen) atoms. The number of hydrogen-bond donors (Lipinski definition) is 2. The predicted molar refractivity (Wildman–Crippen MR) is 107 cm³/mol. The predicted octanol–water partition coefficient (Wildman–Crippen LogP) is 4.47. The Morgan fingerprint density at radius 2 is 2.00 bits per heavy atom. The summed E-state index contributed by atoms with van der Waals surface area (Å²) in [7, 11) is -4.27. The number of aliphatic carboxylic acids is 1. The summed E-state index contributed by atoms with van der Waals surface area (Å²) in [6.45, 7) is 0. The van der Waals surface area contributed by atoms with Crippen molar-refractivity contribution in [2.75, 3.05) is 0 Å². The van der Waals surface area contributed by atoms with Crippen LogP contribution in [-0.4, -0.2) is 30.2 Å². The molecule has 1 aromatic carbocycles. The minimum absolute atomic E-state index is 0.0562. The number of nitrogens with one attached hydrogen (secondary N) is 1. The van der Waals surface area contributed by atoms with Crippen LogP contribution in [0.5, 0.6) is 0 Å². The molecule has 1 saturated carbocycles. The van der Waals surface area contributed by atoms with Crippen LogP contribution in [0.25, 0.3) is 10.6 Å². The van der Waals surface area contributed by atoms with E-state index in [2.05, 4.69) is 30.3 Å².